The zero-order valence-electron chi connectivity index (χ0n) is 15.7. The molecule has 2 N–H and O–H groups in total. The molecule has 0 saturated heterocycles. The molecule has 0 fully saturated rings. The molecule has 6 nitrogen and oxygen atoms in total. The minimum Gasteiger partial charge on any atom is -0.454 e. The molecule has 1 aliphatic heterocycles. The van der Waals surface area contributed by atoms with E-state index in [1.165, 1.54) is 11.1 Å². The van der Waals surface area contributed by atoms with Crippen LogP contribution >= 0.6 is 24.0 Å². The summed E-state index contributed by atoms with van der Waals surface area (Å²) in [6.45, 7) is 4.98. The minimum atomic E-state index is 0. The lowest BCUT2D eigenvalue weighted by atomic mass is 10.1. The Morgan fingerprint density at radius 1 is 1.07 bits per heavy atom. The molecular weight excluding hydrogens is 457 g/mol. The fourth-order valence-corrected chi connectivity index (χ4v) is 2.76. The van der Waals surface area contributed by atoms with Crippen molar-refractivity contribution in [2.24, 2.45) is 4.99 Å². The van der Waals surface area contributed by atoms with Crippen LogP contribution in [0.15, 0.2) is 47.5 Å². The first-order chi connectivity index (χ1) is 12.8. The third kappa shape index (κ3) is 6.00. The Hall–Kier alpha value is -2.00. The first-order valence-electron chi connectivity index (χ1n) is 8.76. The number of halogens is 1. The molecule has 1 heterocycles. The van der Waals surface area contributed by atoms with E-state index in [9.17, 15) is 0 Å². The van der Waals surface area contributed by atoms with Gasteiger partial charge >= 0.3 is 0 Å². The summed E-state index contributed by atoms with van der Waals surface area (Å²) in [5, 5.41) is 6.66. The molecule has 0 amide bonds. The van der Waals surface area contributed by atoms with E-state index in [0.29, 0.717) is 19.7 Å². The van der Waals surface area contributed by atoms with Crippen molar-refractivity contribution in [1.29, 1.82) is 0 Å². The smallest absolute Gasteiger partial charge is 0.231 e. The van der Waals surface area contributed by atoms with Crippen LogP contribution in [0.1, 0.15) is 23.6 Å². The Labute approximate surface area is 177 Å². The van der Waals surface area contributed by atoms with Crippen LogP contribution < -0.4 is 20.1 Å². The quantitative estimate of drug-likeness (QED) is 0.359. The van der Waals surface area contributed by atoms with Crippen molar-refractivity contribution in [3.63, 3.8) is 0 Å². The standard InChI is InChI=1S/C20H25N3O3.HI/c1-3-21-20(23-12-16-6-4-5-7-17(16)13-24-2)22-11-15-8-9-18-19(10-15)26-14-25-18;/h4-10H,3,11-14H2,1-2H3,(H2,21,22,23);1H. The molecule has 0 spiro atoms. The van der Waals surface area contributed by atoms with Crippen LogP contribution in [0.5, 0.6) is 11.5 Å². The molecule has 0 radical (unpaired) electrons. The van der Waals surface area contributed by atoms with Gasteiger partial charge < -0.3 is 24.8 Å². The number of benzene rings is 2. The Balaban J connectivity index is 0.00000261. The van der Waals surface area contributed by atoms with Gasteiger partial charge in [-0.25, -0.2) is 4.99 Å². The Morgan fingerprint density at radius 3 is 2.63 bits per heavy atom. The molecule has 7 heteroatoms. The lowest BCUT2D eigenvalue weighted by Gasteiger charge is -2.14. The van der Waals surface area contributed by atoms with Crippen molar-refractivity contribution < 1.29 is 14.2 Å². The summed E-state index contributed by atoms with van der Waals surface area (Å²) in [5.41, 5.74) is 3.45. The van der Waals surface area contributed by atoms with Gasteiger partial charge in [-0.1, -0.05) is 30.3 Å². The number of methoxy groups -OCH3 is 1. The summed E-state index contributed by atoms with van der Waals surface area (Å²) in [5.74, 6) is 2.35. The largest absolute Gasteiger partial charge is 0.454 e. The fraction of sp³-hybridized carbons (Fsp3) is 0.350. The van der Waals surface area contributed by atoms with Crippen molar-refractivity contribution in [2.45, 2.75) is 26.6 Å². The molecule has 2 aromatic rings. The monoisotopic (exact) mass is 483 g/mol. The van der Waals surface area contributed by atoms with E-state index < -0.39 is 0 Å². The molecule has 0 unspecified atom stereocenters. The van der Waals surface area contributed by atoms with E-state index >= 15 is 0 Å². The molecule has 27 heavy (non-hydrogen) atoms. The molecule has 146 valence electrons. The van der Waals surface area contributed by atoms with Gasteiger partial charge in [-0.15, -0.1) is 24.0 Å². The molecule has 0 bridgehead atoms. The Kier molecular flexibility index (Phi) is 8.66. The lowest BCUT2D eigenvalue weighted by molar-refractivity contribution is 0.174. The second-order valence-electron chi connectivity index (χ2n) is 5.94. The van der Waals surface area contributed by atoms with Crippen molar-refractivity contribution in [3.8, 4) is 11.5 Å². The zero-order chi connectivity index (χ0) is 18.2. The number of hydrogen-bond donors (Lipinski definition) is 2. The van der Waals surface area contributed by atoms with E-state index in [2.05, 4.69) is 34.7 Å². The number of ether oxygens (including phenoxy) is 3. The number of hydrogen-bond acceptors (Lipinski definition) is 4. The summed E-state index contributed by atoms with van der Waals surface area (Å²) in [4.78, 5) is 4.67. The van der Waals surface area contributed by atoms with Gasteiger partial charge in [0, 0.05) is 20.2 Å². The topological polar surface area (TPSA) is 64.1 Å². The maximum atomic E-state index is 5.42. The van der Waals surface area contributed by atoms with E-state index in [1.807, 2.05) is 30.3 Å². The van der Waals surface area contributed by atoms with Crippen LogP contribution in [-0.2, 0) is 24.4 Å². The highest BCUT2D eigenvalue weighted by Gasteiger charge is 2.13. The van der Waals surface area contributed by atoms with Crippen molar-refractivity contribution in [2.75, 3.05) is 20.4 Å². The summed E-state index contributed by atoms with van der Waals surface area (Å²) >= 11 is 0. The van der Waals surface area contributed by atoms with Crippen molar-refractivity contribution in [1.82, 2.24) is 10.6 Å². The van der Waals surface area contributed by atoms with E-state index in [-0.39, 0.29) is 30.8 Å². The lowest BCUT2D eigenvalue weighted by Crippen LogP contribution is -2.37. The van der Waals surface area contributed by atoms with Gasteiger partial charge in [0.1, 0.15) is 0 Å². The number of nitrogens with zero attached hydrogens (tertiary/aromatic N) is 1. The van der Waals surface area contributed by atoms with Gasteiger partial charge in [-0.3, -0.25) is 0 Å². The van der Waals surface area contributed by atoms with Gasteiger partial charge in [0.25, 0.3) is 0 Å². The summed E-state index contributed by atoms with van der Waals surface area (Å²) in [6.07, 6.45) is 0. The number of rotatable bonds is 7. The van der Waals surface area contributed by atoms with Gasteiger partial charge in [0.2, 0.25) is 6.79 Å². The number of aliphatic imine (C=N–C) groups is 1. The highest BCUT2D eigenvalue weighted by Crippen LogP contribution is 2.32. The van der Waals surface area contributed by atoms with Gasteiger partial charge in [0.05, 0.1) is 13.2 Å². The third-order valence-corrected chi connectivity index (χ3v) is 4.07. The molecular formula is C20H26IN3O3. The predicted octanol–water partition coefficient (Wildman–Crippen LogP) is 3.44. The van der Waals surface area contributed by atoms with Crippen LogP contribution in [-0.4, -0.2) is 26.4 Å². The molecule has 0 atom stereocenters. The molecule has 3 rings (SSSR count). The maximum Gasteiger partial charge on any atom is 0.231 e. The number of nitrogens with one attached hydrogen (secondary N) is 2. The summed E-state index contributed by atoms with van der Waals surface area (Å²) < 4.78 is 16.0. The van der Waals surface area contributed by atoms with Gasteiger partial charge in [-0.05, 0) is 35.7 Å². The molecule has 0 aliphatic carbocycles. The average Bonchev–Trinajstić information content (AvgIpc) is 3.13. The van der Waals surface area contributed by atoms with Gasteiger partial charge in [0.15, 0.2) is 17.5 Å². The zero-order valence-corrected chi connectivity index (χ0v) is 18.0. The predicted molar refractivity (Wildman–Crippen MR) is 117 cm³/mol. The Bertz CT molecular complexity index is 768. The van der Waals surface area contributed by atoms with Crippen LogP contribution in [0.2, 0.25) is 0 Å². The van der Waals surface area contributed by atoms with E-state index in [4.69, 9.17) is 14.2 Å². The average molecular weight is 483 g/mol. The number of guanidine groups is 1. The van der Waals surface area contributed by atoms with Crippen LogP contribution in [0, 0.1) is 0 Å². The van der Waals surface area contributed by atoms with Crippen molar-refractivity contribution in [3.05, 3.63) is 59.2 Å². The molecule has 1 aliphatic rings. The van der Waals surface area contributed by atoms with E-state index in [0.717, 1.165) is 29.6 Å². The minimum absolute atomic E-state index is 0. The van der Waals surface area contributed by atoms with Crippen LogP contribution in [0.4, 0.5) is 0 Å². The highest BCUT2D eigenvalue weighted by atomic mass is 127. The molecule has 0 saturated carbocycles. The third-order valence-electron chi connectivity index (χ3n) is 4.07. The first kappa shape index (κ1) is 21.3. The van der Waals surface area contributed by atoms with Gasteiger partial charge in [-0.2, -0.15) is 0 Å². The molecule has 0 aromatic heterocycles. The second-order valence-corrected chi connectivity index (χ2v) is 5.94. The maximum absolute atomic E-state index is 5.42. The second kappa shape index (κ2) is 11.0. The highest BCUT2D eigenvalue weighted by molar-refractivity contribution is 14.0. The number of fused-ring (bicyclic) bond motifs is 1. The van der Waals surface area contributed by atoms with Crippen molar-refractivity contribution >= 4 is 29.9 Å². The first-order valence-corrected chi connectivity index (χ1v) is 8.76. The van der Waals surface area contributed by atoms with E-state index in [1.54, 1.807) is 7.11 Å². The summed E-state index contributed by atoms with van der Waals surface area (Å²) in [7, 11) is 1.71. The summed E-state index contributed by atoms with van der Waals surface area (Å²) in [6, 6.07) is 14.1. The molecule has 2 aromatic carbocycles. The van der Waals surface area contributed by atoms with Crippen LogP contribution in [0.3, 0.4) is 0 Å². The SMILES string of the molecule is CCNC(=NCc1ccc2c(c1)OCO2)NCc1ccccc1COC.I. The fourth-order valence-electron chi connectivity index (χ4n) is 2.76. The van der Waals surface area contributed by atoms with Crippen LogP contribution in [0.25, 0.3) is 0 Å². The Morgan fingerprint density at radius 2 is 1.85 bits per heavy atom. The normalized spacial score (nSPS) is 12.4.